The summed E-state index contributed by atoms with van der Waals surface area (Å²) in [6, 6.07) is 1.59. The molecule has 1 saturated heterocycles. The summed E-state index contributed by atoms with van der Waals surface area (Å²) in [7, 11) is -1.58. The first kappa shape index (κ1) is 14.0. The molecule has 2 N–H and O–H groups in total. The maximum atomic E-state index is 12.2. The fourth-order valence-electron chi connectivity index (χ4n) is 1.92. The first-order chi connectivity index (χ1) is 8.53. The topological polar surface area (TPSA) is 67.4 Å². The Morgan fingerprint density at radius 1 is 1.56 bits per heavy atom. The molecule has 1 aliphatic heterocycles. The summed E-state index contributed by atoms with van der Waals surface area (Å²) < 4.78 is 32.4. The second-order valence-electron chi connectivity index (χ2n) is 4.37. The molecule has 2 unspecified atom stereocenters. The zero-order valence-electron chi connectivity index (χ0n) is 10.5. The van der Waals surface area contributed by atoms with Crippen LogP contribution in [0.25, 0.3) is 0 Å². The average Bonchev–Trinajstić information content (AvgIpc) is 2.90. The SMILES string of the molecule is CNCc1cc(S(=O)(=O)NC2CCOC2C)cs1. The third-order valence-electron chi connectivity index (χ3n) is 2.97. The quantitative estimate of drug-likeness (QED) is 0.846. The van der Waals surface area contributed by atoms with Gasteiger partial charge in [0.1, 0.15) is 0 Å². The van der Waals surface area contributed by atoms with Crippen LogP contribution < -0.4 is 10.0 Å². The van der Waals surface area contributed by atoms with Crippen molar-refractivity contribution in [2.45, 2.75) is 36.9 Å². The maximum Gasteiger partial charge on any atom is 0.241 e. The van der Waals surface area contributed by atoms with Gasteiger partial charge in [-0.15, -0.1) is 11.3 Å². The fourth-order valence-corrected chi connectivity index (χ4v) is 4.55. The van der Waals surface area contributed by atoms with Crippen molar-refractivity contribution in [3.63, 3.8) is 0 Å². The molecule has 0 saturated carbocycles. The van der Waals surface area contributed by atoms with Crippen molar-refractivity contribution < 1.29 is 13.2 Å². The van der Waals surface area contributed by atoms with E-state index in [1.165, 1.54) is 11.3 Å². The number of nitrogens with one attached hydrogen (secondary N) is 2. The van der Waals surface area contributed by atoms with E-state index in [9.17, 15) is 8.42 Å². The Labute approximate surface area is 112 Å². The summed E-state index contributed by atoms with van der Waals surface area (Å²) in [4.78, 5) is 1.35. The molecule has 2 atom stereocenters. The molecule has 7 heteroatoms. The van der Waals surface area contributed by atoms with Crippen molar-refractivity contribution in [1.29, 1.82) is 0 Å². The molecule has 0 radical (unpaired) electrons. The second-order valence-corrected chi connectivity index (χ2v) is 7.08. The van der Waals surface area contributed by atoms with Gasteiger partial charge in [0.05, 0.1) is 17.0 Å². The second kappa shape index (κ2) is 5.66. The van der Waals surface area contributed by atoms with Crippen LogP contribution in [0.15, 0.2) is 16.3 Å². The standard InChI is InChI=1S/C11H18N2O3S2/c1-8-11(3-4-16-8)13-18(14,15)10-5-9(6-12-2)17-7-10/h5,7-8,11-13H,3-4,6H2,1-2H3. The van der Waals surface area contributed by atoms with E-state index in [4.69, 9.17) is 4.74 Å². The minimum Gasteiger partial charge on any atom is -0.377 e. The van der Waals surface area contributed by atoms with Crippen LogP contribution in [0.5, 0.6) is 0 Å². The molecule has 0 amide bonds. The molecule has 2 rings (SSSR count). The van der Waals surface area contributed by atoms with Crippen molar-refractivity contribution in [2.75, 3.05) is 13.7 Å². The van der Waals surface area contributed by atoms with Crippen LogP contribution in [0, 0.1) is 0 Å². The summed E-state index contributed by atoms with van der Waals surface area (Å²) in [6.45, 7) is 3.19. The molecule has 0 aliphatic carbocycles. The van der Waals surface area contributed by atoms with Gasteiger partial charge in [-0.1, -0.05) is 0 Å². The van der Waals surface area contributed by atoms with Crippen LogP contribution in [0.4, 0.5) is 0 Å². The molecule has 18 heavy (non-hydrogen) atoms. The van der Waals surface area contributed by atoms with Crippen LogP contribution in [0.2, 0.25) is 0 Å². The Bertz CT molecular complexity index is 498. The highest BCUT2D eigenvalue weighted by atomic mass is 32.2. The Morgan fingerprint density at radius 2 is 2.33 bits per heavy atom. The first-order valence-corrected chi connectivity index (χ1v) is 8.25. The van der Waals surface area contributed by atoms with Crippen molar-refractivity contribution in [3.8, 4) is 0 Å². The summed E-state index contributed by atoms with van der Waals surface area (Å²) in [6.07, 6.45) is 0.670. The Kier molecular flexibility index (Phi) is 4.39. The predicted octanol–water partition coefficient (Wildman–Crippen LogP) is 0.923. The lowest BCUT2D eigenvalue weighted by molar-refractivity contribution is 0.117. The molecular weight excluding hydrogens is 272 g/mol. The van der Waals surface area contributed by atoms with Crippen LogP contribution >= 0.6 is 11.3 Å². The smallest absolute Gasteiger partial charge is 0.241 e. The number of hydrogen-bond acceptors (Lipinski definition) is 5. The van der Waals surface area contributed by atoms with E-state index in [-0.39, 0.29) is 12.1 Å². The van der Waals surface area contributed by atoms with Gasteiger partial charge in [-0.25, -0.2) is 13.1 Å². The Balaban J connectivity index is 2.09. The van der Waals surface area contributed by atoms with Gasteiger partial charge < -0.3 is 10.1 Å². The summed E-state index contributed by atoms with van der Waals surface area (Å²) >= 11 is 1.45. The lowest BCUT2D eigenvalue weighted by Crippen LogP contribution is -2.38. The zero-order valence-corrected chi connectivity index (χ0v) is 12.1. The van der Waals surface area contributed by atoms with Gasteiger partial charge in [0, 0.05) is 23.4 Å². The van der Waals surface area contributed by atoms with Crippen molar-refractivity contribution >= 4 is 21.4 Å². The van der Waals surface area contributed by atoms with Gasteiger partial charge in [0.2, 0.25) is 10.0 Å². The van der Waals surface area contributed by atoms with Crippen LogP contribution in [-0.4, -0.2) is 34.2 Å². The molecule has 1 aromatic heterocycles. The number of rotatable bonds is 5. The molecule has 1 aromatic rings. The number of thiophene rings is 1. The van der Waals surface area contributed by atoms with Crippen molar-refractivity contribution in [3.05, 3.63) is 16.3 Å². The highest BCUT2D eigenvalue weighted by Gasteiger charge is 2.29. The molecular formula is C11H18N2O3S2. The maximum absolute atomic E-state index is 12.2. The number of sulfonamides is 1. The van der Waals surface area contributed by atoms with Crippen LogP contribution in [0.3, 0.4) is 0 Å². The third-order valence-corrected chi connectivity index (χ3v) is 5.53. The molecule has 0 bridgehead atoms. The average molecular weight is 290 g/mol. The van der Waals surface area contributed by atoms with Gasteiger partial charge in [-0.05, 0) is 26.5 Å². The molecule has 0 spiro atoms. The fraction of sp³-hybridized carbons (Fsp3) is 0.636. The molecule has 2 heterocycles. The van der Waals surface area contributed by atoms with Gasteiger partial charge in [-0.2, -0.15) is 0 Å². The number of ether oxygens (including phenoxy) is 1. The third kappa shape index (κ3) is 3.10. The zero-order chi connectivity index (χ0) is 13.2. The lowest BCUT2D eigenvalue weighted by atomic mass is 10.2. The van der Waals surface area contributed by atoms with Gasteiger partial charge in [0.25, 0.3) is 0 Å². The summed E-state index contributed by atoms with van der Waals surface area (Å²) in [5.41, 5.74) is 0. The van der Waals surface area contributed by atoms with Gasteiger partial charge >= 0.3 is 0 Å². The molecule has 102 valence electrons. The molecule has 1 fully saturated rings. The summed E-state index contributed by atoms with van der Waals surface area (Å²) in [5, 5.41) is 4.68. The highest BCUT2D eigenvalue weighted by Crippen LogP contribution is 2.21. The van der Waals surface area contributed by atoms with Gasteiger partial charge in [-0.3, -0.25) is 0 Å². The summed E-state index contributed by atoms with van der Waals surface area (Å²) in [5.74, 6) is 0. The van der Waals surface area contributed by atoms with E-state index in [1.54, 1.807) is 11.4 Å². The van der Waals surface area contributed by atoms with Crippen molar-refractivity contribution in [1.82, 2.24) is 10.0 Å². The largest absolute Gasteiger partial charge is 0.377 e. The Hall–Kier alpha value is -0.470. The number of hydrogen-bond donors (Lipinski definition) is 2. The normalized spacial score (nSPS) is 24.6. The van der Waals surface area contributed by atoms with E-state index in [0.717, 1.165) is 11.3 Å². The van der Waals surface area contributed by atoms with E-state index >= 15 is 0 Å². The lowest BCUT2D eigenvalue weighted by Gasteiger charge is -2.15. The van der Waals surface area contributed by atoms with Crippen LogP contribution in [-0.2, 0) is 21.3 Å². The molecule has 1 aliphatic rings. The highest BCUT2D eigenvalue weighted by molar-refractivity contribution is 7.89. The minimum atomic E-state index is -3.42. The molecule has 0 aromatic carbocycles. The van der Waals surface area contributed by atoms with E-state index < -0.39 is 10.0 Å². The monoisotopic (exact) mass is 290 g/mol. The van der Waals surface area contributed by atoms with Crippen molar-refractivity contribution in [2.24, 2.45) is 0 Å². The van der Waals surface area contributed by atoms with Crippen LogP contribution in [0.1, 0.15) is 18.2 Å². The van der Waals surface area contributed by atoms with E-state index in [1.807, 2.05) is 14.0 Å². The predicted molar refractivity (Wildman–Crippen MR) is 71.2 cm³/mol. The minimum absolute atomic E-state index is 0.0600. The Morgan fingerprint density at radius 3 is 2.94 bits per heavy atom. The molecule has 5 nitrogen and oxygen atoms in total. The van der Waals surface area contributed by atoms with E-state index in [0.29, 0.717) is 18.0 Å². The first-order valence-electron chi connectivity index (χ1n) is 5.89. The van der Waals surface area contributed by atoms with E-state index in [2.05, 4.69) is 10.0 Å². The van der Waals surface area contributed by atoms with Gasteiger partial charge in [0.15, 0.2) is 0 Å².